The van der Waals surface area contributed by atoms with Crippen molar-refractivity contribution in [2.24, 2.45) is 0 Å². The molecule has 29 rings (SSSR count). The smallest absolute Gasteiger partial charge is 0.0547 e. The summed E-state index contributed by atoms with van der Waals surface area (Å²) < 4.78 is 14.4. The van der Waals surface area contributed by atoms with Crippen LogP contribution in [0.3, 0.4) is 0 Å². The van der Waals surface area contributed by atoms with Crippen molar-refractivity contribution in [1.82, 2.24) is 27.4 Å². The lowest BCUT2D eigenvalue weighted by Gasteiger charge is -2.12. The fourth-order valence-electron chi connectivity index (χ4n) is 22.3. The zero-order chi connectivity index (χ0) is 93.7. The van der Waals surface area contributed by atoms with Gasteiger partial charge in [-0.15, -0.1) is 0 Å². The first-order valence-corrected chi connectivity index (χ1v) is 48.8. The lowest BCUT2D eigenvalue weighted by Crippen LogP contribution is -1.95. The second-order valence-electron chi connectivity index (χ2n) is 37.0. The molecule has 664 valence electrons. The molecular formula is C136H90N6. The minimum atomic E-state index is 1.15. The molecule has 0 aliphatic carbocycles. The fraction of sp³-hybridized carbons (Fsp3) is 0. The molecule has 142 heavy (non-hydrogen) atoms. The third kappa shape index (κ3) is 14.3. The Morgan fingerprint density at radius 2 is 0.282 bits per heavy atom. The maximum atomic E-state index is 2.46. The van der Waals surface area contributed by atoms with E-state index in [1.54, 1.807) is 0 Å². The maximum Gasteiger partial charge on any atom is 0.0547 e. The van der Waals surface area contributed by atoms with Crippen molar-refractivity contribution in [3.8, 4) is 112 Å². The quantitative estimate of drug-likeness (QED) is 0.110. The van der Waals surface area contributed by atoms with Gasteiger partial charge >= 0.3 is 0 Å². The van der Waals surface area contributed by atoms with Crippen LogP contribution in [0.2, 0.25) is 0 Å². The van der Waals surface area contributed by atoms with Gasteiger partial charge in [0.15, 0.2) is 0 Å². The molecule has 0 aliphatic heterocycles. The summed E-state index contributed by atoms with van der Waals surface area (Å²) in [6.45, 7) is 0. The van der Waals surface area contributed by atoms with E-state index in [2.05, 4.69) is 573 Å². The highest BCUT2D eigenvalue weighted by Gasteiger charge is 2.24. The van der Waals surface area contributed by atoms with Gasteiger partial charge in [0.2, 0.25) is 0 Å². The Labute approximate surface area is 821 Å². The molecule has 0 amide bonds. The first-order chi connectivity index (χ1) is 70.4. The third-order valence-corrected chi connectivity index (χ3v) is 28.9. The second kappa shape index (κ2) is 34.7. The summed E-state index contributed by atoms with van der Waals surface area (Å²) in [6, 6.07) is 198. The minimum Gasteiger partial charge on any atom is -0.309 e. The van der Waals surface area contributed by atoms with Gasteiger partial charge in [-0.2, -0.15) is 0 Å². The molecule has 0 bridgehead atoms. The zero-order valence-corrected chi connectivity index (χ0v) is 77.6. The van der Waals surface area contributed by atoms with E-state index >= 15 is 0 Å². The van der Waals surface area contributed by atoms with E-state index in [4.69, 9.17) is 0 Å². The van der Waals surface area contributed by atoms with E-state index < -0.39 is 0 Å². The predicted octanol–water partition coefficient (Wildman–Crippen LogP) is 36.5. The molecule has 23 aromatic carbocycles. The number of benzene rings is 23. The van der Waals surface area contributed by atoms with Gasteiger partial charge in [-0.1, -0.05) is 370 Å². The number of fused-ring (bicyclic) bond motifs is 19. The summed E-state index contributed by atoms with van der Waals surface area (Å²) in [5, 5.41) is 17.6. The van der Waals surface area contributed by atoms with Gasteiger partial charge in [-0.3, -0.25) is 0 Å². The molecule has 0 saturated carbocycles. The van der Waals surface area contributed by atoms with E-state index in [9.17, 15) is 0 Å². The van der Waals surface area contributed by atoms with Crippen LogP contribution in [0.5, 0.6) is 0 Å². The van der Waals surface area contributed by atoms with E-state index in [0.717, 1.165) is 5.69 Å². The Kier molecular flexibility index (Phi) is 20.2. The van der Waals surface area contributed by atoms with Crippen LogP contribution in [0.25, 0.3) is 254 Å². The molecule has 0 radical (unpaired) electrons. The number of hydrogen-bond acceptors (Lipinski definition) is 0. The van der Waals surface area contributed by atoms with Crippen molar-refractivity contribution < 1.29 is 0 Å². The van der Waals surface area contributed by atoms with Gasteiger partial charge in [0, 0.05) is 98.5 Å². The second-order valence-corrected chi connectivity index (χ2v) is 37.0. The van der Waals surface area contributed by atoms with E-state index in [1.165, 1.54) is 248 Å². The van der Waals surface area contributed by atoms with Gasteiger partial charge in [0.1, 0.15) is 0 Å². The van der Waals surface area contributed by atoms with Gasteiger partial charge in [0.25, 0.3) is 0 Å². The molecule has 0 aliphatic rings. The first kappa shape index (κ1) is 82.6. The molecule has 6 nitrogen and oxygen atoms in total. The van der Waals surface area contributed by atoms with Gasteiger partial charge in [-0.05, 0) is 259 Å². The summed E-state index contributed by atoms with van der Waals surface area (Å²) >= 11 is 0. The van der Waals surface area contributed by atoms with E-state index in [-0.39, 0.29) is 0 Å². The van der Waals surface area contributed by atoms with Gasteiger partial charge < -0.3 is 27.4 Å². The van der Waals surface area contributed by atoms with E-state index in [0.29, 0.717) is 0 Å². The van der Waals surface area contributed by atoms with Gasteiger partial charge in [0.05, 0.1) is 71.9 Å². The molecular weight excluding hydrogens is 1720 g/mol. The van der Waals surface area contributed by atoms with Crippen LogP contribution in [0.4, 0.5) is 0 Å². The Morgan fingerprint density at radius 3 is 0.592 bits per heavy atom. The standard InChI is InChI=1S/C48H32N2.C46H30N2.C42H28N2/c1-4-12-33(13-5-1)35-20-25-40(26-21-35)50-47-29-24-37(31-44(47)42-27-22-38(32-48(42)50)34-14-6-2-7-15-34)36-23-28-46-43(30-36)41-18-10-11-19-45(41)49(46)39-16-8-3-9-17-39;1-3-12-31(13-4-1)35-22-25-39-41-29-34(24-27-45(41)48(46(39)30-35)42-21-11-15-32-14-7-8-18-37(32)42)33-23-26-44-40(28-33)38-19-9-10-20-43(38)47(44)36-16-5-2-6-17-36;1-4-12-29(13-5-1)32-20-23-36-38-27-31(22-25-41(38)44(42(36)28-32)34-16-8-3-9-17-34)30-21-24-40-37(26-30)35-18-10-11-19-39(35)43(40)33-14-6-2-7-15-33/h1-32H;1-30H;1-28H. The van der Waals surface area contributed by atoms with Crippen LogP contribution in [-0.4, -0.2) is 27.4 Å². The maximum absolute atomic E-state index is 2.46. The average Bonchev–Trinajstić information content (AvgIpc) is 1.59. The van der Waals surface area contributed by atoms with Crippen LogP contribution in [0, 0.1) is 0 Å². The average molecular weight is 1810 g/mol. The molecule has 0 atom stereocenters. The Bertz CT molecular complexity index is 9920. The van der Waals surface area contributed by atoms with Crippen molar-refractivity contribution in [1.29, 1.82) is 0 Å². The van der Waals surface area contributed by atoms with Crippen LogP contribution in [0.1, 0.15) is 0 Å². The zero-order valence-electron chi connectivity index (χ0n) is 77.6. The fourth-order valence-corrected chi connectivity index (χ4v) is 22.3. The van der Waals surface area contributed by atoms with Crippen molar-refractivity contribution in [2.45, 2.75) is 0 Å². The number of para-hydroxylation sites is 7. The molecule has 0 saturated heterocycles. The number of nitrogens with zero attached hydrogens (tertiary/aromatic N) is 6. The molecule has 0 unspecified atom stereocenters. The SMILES string of the molecule is c1ccc(-c2ccc(-n3c4ccc(-c5ccc6c(c5)c5ccccc5n6-c5ccccc5)cc4c4ccc(-c5ccccc5)cc43)cc2)cc1.c1ccc(-c2ccc3c4cc(-c5ccc6c(c5)c5ccccc5n6-c5ccccc5)ccc4n(-c4cccc5ccccc45)c3c2)cc1.c1ccc(-c2ccc3c4cc(-c5ccc6c(c5)c5ccccc5n6-c5ccccc5)ccc4n(-c4ccccc4)c3c2)cc1. The lowest BCUT2D eigenvalue weighted by atomic mass is 9.99. The summed E-state index contributed by atoms with van der Waals surface area (Å²) in [5.74, 6) is 0. The Balaban J connectivity index is 0.000000107. The van der Waals surface area contributed by atoms with Crippen LogP contribution >= 0.6 is 0 Å². The van der Waals surface area contributed by atoms with Crippen LogP contribution in [-0.2, 0) is 0 Å². The van der Waals surface area contributed by atoms with Crippen LogP contribution in [0.15, 0.2) is 546 Å². The van der Waals surface area contributed by atoms with E-state index in [1.807, 2.05) is 0 Å². The Hall–Kier alpha value is -18.9. The molecule has 6 aromatic heterocycles. The van der Waals surface area contributed by atoms with Crippen molar-refractivity contribution >= 4 is 142 Å². The highest BCUT2D eigenvalue weighted by molar-refractivity contribution is 6.18. The molecule has 29 aromatic rings. The summed E-state index contributed by atoms with van der Waals surface area (Å²) in [7, 11) is 0. The topological polar surface area (TPSA) is 29.6 Å². The summed E-state index contributed by atoms with van der Waals surface area (Å²) in [6.07, 6.45) is 0. The van der Waals surface area contributed by atoms with Crippen molar-refractivity contribution in [3.63, 3.8) is 0 Å². The normalized spacial score (nSPS) is 11.7. The van der Waals surface area contributed by atoms with Crippen molar-refractivity contribution in [3.05, 3.63) is 546 Å². The van der Waals surface area contributed by atoms with Gasteiger partial charge in [-0.25, -0.2) is 0 Å². The summed E-state index contributed by atoms with van der Waals surface area (Å²) in [4.78, 5) is 0. The number of aromatic nitrogens is 6. The molecule has 6 heteroatoms. The number of hydrogen-bond donors (Lipinski definition) is 0. The van der Waals surface area contributed by atoms with Crippen LogP contribution < -0.4 is 0 Å². The molecule has 0 N–H and O–H groups in total. The molecule has 0 spiro atoms. The number of rotatable bonds is 13. The Morgan fingerprint density at radius 1 is 0.0915 bits per heavy atom. The third-order valence-electron chi connectivity index (χ3n) is 28.9. The predicted molar refractivity (Wildman–Crippen MR) is 601 cm³/mol. The highest BCUT2D eigenvalue weighted by atomic mass is 15.0. The first-order valence-electron chi connectivity index (χ1n) is 48.8. The lowest BCUT2D eigenvalue weighted by molar-refractivity contribution is 1.18. The summed E-state index contributed by atoms with van der Waals surface area (Å²) in [5.41, 5.74) is 38.6. The molecule has 0 fully saturated rings. The van der Waals surface area contributed by atoms with Crippen molar-refractivity contribution in [2.75, 3.05) is 0 Å². The molecule has 6 heterocycles. The monoisotopic (exact) mass is 1810 g/mol. The minimum absolute atomic E-state index is 1.15. The highest BCUT2D eigenvalue weighted by Crippen LogP contribution is 2.47. The largest absolute Gasteiger partial charge is 0.309 e.